The SMILES string of the molecule is N=CN(N=N)c1ccc(Cl)cc1-c1cc(=O)n2c(c1Br)CCC2c1ncc(-c2csc(C(=O)O)c2)[nH]1. The van der Waals surface area contributed by atoms with E-state index >= 15 is 0 Å². The van der Waals surface area contributed by atoms with E-state index in [1.807, 2.05) is 0 Å². The Hall–Kier alpha value is -3.61. The lowest BCUT2D eigenvalue weighted by atomic mass is 10.0. The highest BCUT2D eigenvalue weighted by Crippen LogP contribution is 2.41. The number of imidazole rings is 1. The van der Waals surface area contributed by atoms with Crippen molar-refractivity contribution in [1.29, 1.82) is 10.9 Å². The van der Waals surface area contributed by atoms with E-state index in [2.05, 4.69) is 31.1 Å². The van der Waals surface area contributed by atoms with Crippen LogP contribution in [0.3, 0.4) is 0 Å². The van der Waals surface area contributed by atoms with Crippen LogP contribution in [-0.2, 0) is 6.42 Å². The molecule has 4 aromatic rings. The quantitative estimate of drug-likeness (QED) is 0.0909. The molecule has 182 valence electrons. The first-order chi connectivity index (χ1) is 17.3. The van der Waals surface area contributed by atoms with Crippen molar-refractivity contribution >= 4 is 56.9 Å². The lowest BCUT2D eigenvalue weighted by Crippen LogP contribution is -2.24. The highest BCUT2D eigenvalue weighted by atomic mass is 79.9. The fourth-order valence-corrected chi connectivity index (χ4v) is 6.03. The average Bonchev–Trinajstić information content (AvgIpc) is 3.62. The lowest BCUT2D eigenvalue weighted by Gasteiger charge is -2.19. The van der Waals surface area contributed by atoms with E-state index in [9.17, 15) is 14.7 Å². The van der Waals surface area contributed by atoms with Crippen LogP contribution < -0.4 is 10.6 Å². The average molecular weight is 587 g/mol. The number of aromatic nitrogens is 3. The Bertz CT molecular complexity index is 1590. The second-order valence-electron chi connectivity index (χ2n) is 8.00. The number of carbonyl (C=O) groups is 1. The minimum absolute atomic E-state index is 0.234. The van der Waals surface area contributed by atoms with Gasteiger partial charge in [-0.3, -0.25) is 10.2 Å². The minimum Gasteiger partial charge on any atom is -0.477 e. The molecule has 36 heavy (non-hydrogen) atoms. The number of halogens is 2. The molecule has 3 aromatic heterocycles. The summed E-state index contributed by atoms with van der Waals surface area (Å²) in [5.41, 5.74) is 10.9. The summed E-state index contributed by atoms with van der Waals surface area (Å²) in [7, 11) is 0. The predicted octanol–water partition coefficient (Wildman–Crippen LogP) is 5.98. The molecule has 0 aliphatic carbocycles. The molecule has 4 heterocycles. The molecule has 13 heteroatoms. The van der Waals surface area contributed by atoms with E-state index in [-0.39, 0.29) is 16.5 Å². The van der Waals surface area contributed by atoms with E-state index in [4.69, 9.17) is 22.5 Å². The number of pyridine rings is 1. The molecular weight excluding hydrogens is 570 g/mol. The van der Waals surface area contributed by atoms with Crippen molar-refractivity contribution < 1.29 is 9.90 Å². The fourth-order valence-electron chi connectivity index (χ4n) is 4.40. The van der Waals surface area contributed by atoms with E-state index in [1.54, 1.807) is 40.4 Å². The smallest absolute Gasteiger partial charge is 0.345 e. The van der Waals surface area contributed by atoms with Crippen molar-refractivity contribution in [2.45, 2.75) is 18.9 Å². The van der Waals surface area contributed by atoms with Gasteiger partial charge in [-0.25, -0.2) is 14.8 Å². The first-order valence-corrected chi connectivity index (χ1v) is 12.7. The molecule has 1 aliphatic rings. The number of hydrogen-bond donors (Lipinski definition) is 4. The van der Waals surface area contributed by atoms with Gasteiger partial charge in [-0.1, -0.05) is 16.8 Å². The van der Waals surface area contributed by atoms with Crippen molar-refractivity contribution in [3.05, 3.63) is 78.2 Å². The summed E-state index contributed by atoms with van der Waals surface area (Å²) in [5, 5.41) is 23.4. The van der Waals surface area contributed by atoms with Crippen LogP contribution in [0.5, 0.6) is 0 Å². The number of rotatable bonds is 7. The van der Waals surface area contributed by atoms with Gasteiger partial charge in [0.2, 0.25) is 0 Å². The monoisotopic (exact) mass is 585 g/mol. The van der Waals surface area contributed by atoms with Crippen LogP contribution in [0, 0.1) is 10.9 Å². The molecule has 0 amide bonds. The number of hydrogen-bond acceptors (Lipinski definition) is 7. The molecule has 0 fully saturated rings. The number of nitrogens with zero attached hydrogens (tertiary/aromatic N) is 4. The summed E-state index contributed by atoms with van der Waals surface area (Å²) < 4.78 is 2.40. The highest BCUT2D eigenvalue weighted by molar-refractivity contribution is 9.10. The first kappa shape index (κ1) is 24.1. The zero-order valence-corrected chi connectivity index (χ0v) is 21.5. The van der Waals surface area contributed by atoms with E-state index in [0.29, 0.717) is 50.7 Å². The van der Waals surface area contributed by atoms with Gasteiger partial charge in [0.25, 0.3) is 5.56 Å². The summed E-state index contributed by atoms with van der Waals surface area (Å²) in [4.78, 5) is 32.6. The van der Waals surface area contributed by atoms with E-state index in [1.165, 1.54) is 6.07 Å². The standard InChI is InChI=1S/C23H17BrClN7O3S/c24-21-14(13-6-12(25)1-2-16(13)31(10-26)30-27)7-20(33)32-17(21)3-4-18(32)22-28-8-15(29-22)11-5-19(23(34)35)36-9-11/h1-2,5-10,18,26-27H,3-4H2,(H,28,29)(H,34,35). The number of anilines is 1. The summed E-state index contributed by atoms with van der Waals surface area (Å²) in [6, 6.07) is 7.72. The van der Waals surface area contributed by atoms with Gasteiger partial charge in [0, 0.05) is 43.3 Å². The third kappa shape index (κ3) is 4.06. The van der Waals surface area contributed by atoms with Gasteiger partial charge in [-0.15, -0.1) is 11.3 Å². The Morgan fingerprint density at radius 3 is 2.86 bits per heavy atom. The highest BCUT2D eigenvalue weighted by Gasteiger charge is 2.31. The predicted molar refractivity (Wildman–Crippen MR) is 141 cm³/mol. The van der Waals surface area contributed by atoms with Gasteiger partial charge < -0.3 is 14.7 Å². The molecule has 0 spiro atoms. The Balaban J connectivity index is 1.56. The zero-order valence-electron chi connectivity index (χ0n) is 18.3. The number of aromatic carboxylic acids is 1. The third-order valence-electron chi connectivity index (χ3n) is 6.01. The van der Waals surface area contributed by atoms with Crippen molar-refractivity contribution in [2.75, 3.05) is 5.01 Å². The molecule has 10 nitrogen and oxygen atoms in total. The van der Waals surface area contributed by atoms with Crippen LogP contribution >= 0.6 is 38.9 Å². The number of benzene rings is 1. The number of aromatic amines is 1. The molecule has 0 radical (unpaired) electrons. The molecular formula is C23H17BrClN7O3S. The molecule has 5 rings (SSSR count). The summed E-state index contributed by atoms with van der Waals surface area (Å²) in [6.07, 6.45) is 3.81. The molecule has 1 unspecified atom stereocenters. The maximum atomic E-state index is 13.4. The van der Waals surface area contributed by atoms with Crippen LogP contribution in [0.25, 0.3) is 22.4 Å². The molecule has 0 bridgehead atoms. The molecule has 1 atom stereocenters. The fraction of sp³-hybridized carbons (Fsp3) is 0.130. The number of H-pyrrole nitrogens is 1. The number of carboxylic acids is 1. The summed E-state index contributed by atoms with van der Waals surface area (Å²) >= 11 is 11.1. The van der Waals surface area contributed by atoms with Crippen LogP contribution in [0.15, 0.2) is 56.4 Å². The van der Waals surface area contributed by atoms with Gasteiger partial charge in [-0.2, -0.15) is 5.53 Å². The van der Waals surface area contributed by atoms with Crippen molar-refractivity contribution in [1.82, 2.24) is 14.5 Å². The van der Waals surface area contributed by atoms with Gasteiger partial charge in [-0.05, 0) is 53.0 Å². The summed E-state index contributed by atoms with van der Waals surface area (Å²) in [5.74, 6) is -0.370. The lowest BCUT2D eigenvalue weighted by molar-refractivity contribution is 0.0702. The Labute approximate surface area is 221 Å². The van der Waals surface area contributed by atoms with Crippen LogP contribution in [0.2, 0.25) is 5.02 Å². The van der Waals surface area contributed by atoms with Crippen molar-refractivity contribution in [2.24, 2.45) is 5.22 Å². The van der Waals surface area contributed by atoms with Gasteiger partial charge in [0.05, 0.1) is 23.6 Å². The Kier molecular flexibility index (Phi) is 6.33. The number of thiophene rings is 1. The zero-order chi connectivity index (χ0) is 25.6. The second-order valence-corrected chi connectivity index (χ2v) is 10.1. The maximum absolute atomic E-state index is 13.4. The van der Waals surface area contributed by atoms with Crippen LogP contribution in [0.1, 0.15) is 33.7 Å². The molecule has 1 aromatic carbocycles. The summed E-state index contributed by atoms with van der Waals surface area (Å²) in [6.45, 7) is 0. The second kappa shape index (κ2) is 9.45. The molecule has 0 saturated carbocycles. The van der Waals surface area contributed by atoms with Gasteiger partial charge in [0.1, 0.15) is 17.0 Å². The Morgan fingerprint density at radius 2 is 2.17 bits per heavy atom. The van der Waals surface area contributed by atoms with Gasteiger partial charge in [0.15, 0.2) is 0 Å². The van der Waals surface area contributed by atoms with Crippen molar-refractivity contribution in [3.8, 4) is 22.4 Å². The Morgan fingerprint density at radius 1 is 1.36 bits per heavy atom. The topological polar surface area (TPSA) is 151 Å². The number of fused-ring (bicyclic) bond motifs is 1. The number of carboxylic acid groups (broad SMARTS) is 1. The minimum atomic E-state index is -0.981. The third-order valence-corrected chi connectivity index (χ3v) is 8.05. The molecule has 1 aliphatic heterocycles. The van der Waals surface area contributed by atoms with Crippen LogP contribution in [0.4, 0.5) is 5.69 Å². The normalized spacial score (nSPS) is 14.4. The van der Waals surface area contributed by atoms with Gasteiger partial charge >= 0.3 is 5.97 Å². The van der Waals surface area contributed by atoms with E-state index in [0.717, 1.165) is 33.9 Å². The van der Waals surface area contributed by atoms with Crippen LogP contribution in [-0.4, -0.2) is 31.9 Å². The number of nitrogens with one attached hydrogen (secondary N) is 3. The molecule has 4 N–H and O–H groups in total. The van der Waals surface area contributed by atoms with Crippen molar-refractivity contribution in [3.63, 3.8) is 0 Å². The largest absolute Gasteiger partial charge is 0.477 e. The van der Waals surface area contributed by atoms with E-state index < -0.39 is 5.97 Å². The molecule has 0 saturated heterocycles. The first-order valence-electron chi connectivity index (χ1n) is 10.6. The maximum Gasteiger partial charge on any atom is 0.345 e.